The van der Waals surface area contributed by atoms with Gasteiger partial charge in [0.25, 0.3) is 11.1 Å². The second-order valence-electron chi connectivity index (χ2n) is 6.89. The molecular formula is C25H20BrNO4S. The normalized spacial score (nSPS) is 14.8. The molecule has 0 spiro atoms. The van der Waals surface area contributed by atoms with Crippen molar-refractivity contribution >= 4 is 50.6 Å². The monoisotopic (exact) mass is 509 g/mol. The van der Waals surface area contributed by atoms with Gasteiger partial charge in [-0.2, -0.15) is 0 Å². The molecule has 5 nitrogen and oxygen atoms in total. The van der Waals surface area contributed by atoms with Crippen molar-refractivity contribution in [2.24, 2.45) is 0 Å². The van der Waals surface area contributed by atoms with Gasteiger partial charge in [0.05, 0.1) is 21.7 Å². The zero-order valence-corrected chi connectivity index (χ0v) is 19.7. The summed E-state index contributed by atoms with van der Waals surface area (Å²) in [5.74, 6) is 0.807. The van der Waals surface area contributed by atoms with Crippen LogP contribution in [0.3, 0.4) is 0 Å². The van der Waals surface area contributed by atoms with E-state index in [1.807, 2.05) is 55.5 Å². The van der Waals surface area contributed by atoms with Crippen LogP contribution >= 0.6 is 27.7 Å². The number of para-hydroxylation sites is 1. The van der Waals surface area contributed by atoms with Gasteiger partial charge in [-0.3, -0.25) is 9.59 Å². The van der Waals surface area contributed by atoms with Crippen LogP contribution in [0.2, 0.25) is 0 Å². The van der Waals surface area contributed by atoms with Crippen molar-refractivity contribution in [1.29, 1.82) is 0 Å². The van der Waals surface area contributed by atoms with Gasteiger partial charge < -0.3 is 9.47 Å². The number of hydrogen-bond donors (Lipinski definition) is 0. The number of imide groups is 1. The Balaban J connectivity index is 1.60. The number of halogens is 1. The largest absolute Gasteiger partial charge is 0.490 e. The minimum atomic E-state index is -0.343. The van der Waals surface area contributed by atoms with E-state index in [9.17, 15) is 9.59 Å². The van der Waals surface area contributed by atoms with Crippen LogP contribution in [0.15, 0.2) is 82.2 Å². The second-order valence-corrected chi connectivity index (χ2v) is 8.74. The molecule has 0 bridgehead atoms. The molecule has 3 aromatic carbocycles. The van der Waals surface area contributed by atoms with Crippen molar-refractivity contribution in [2.45, 2.75) is 13.5 Å². The van der Waals surface area contributed by atoms with Gasteiger partial charge >= 0.3 is 0 Å². The number of anilines is 1. The lowest BCUT2D eigenvalue weighted by Crippen LogP contribution is -2.27. The molecule has 3 aromatic rings. The number of carbonyl (C=O) groups excluding carboxylic acids is 2. The van der Waals surface area contributed by atoms with Crippen LogP contribution in [0.1, 0.15) is 18.1 Å². The molecular weight excluding hydrogens is 490 g/mol. The highest BCUT2D eigenvalue weighted by Gasteiger charge is 2.36. The van der Waals surface area contributed by atoms with Gasteiger partial charge in [0.1, 0.15) is 6.61 Å². The fourth-order valence-electron chi connectivity index (χ4n) is 3.22. The molecule has 0 N–H and O–H groups in total. The fraction of sp³-hybridized carbons (Fsp3) is 0.120. The smallest absolute Gasteiger partial charge is 0.298 e. The molecule has 0 aromatic heterocycles. The van der Waals surface area contributed by atoms with E-state index in [1.54, 1.807) is 30.3 Å². The van der Waals surface area contributed by atoms with Gasteiger partial charge in [0, 0.05) is 0 Å². The molecule has 4 rings (SSSR count). The summed E-state index contributed by atoms with van der Waals surface area (Å²) in [7, 11) is 0. The van der Waals surface area contributed by atoms with Crippen molar-refractivity contribution in [3.8, 4) is 11.5 Å². The number of carbonyl (C=O) groups is 2. The van der Waals surface area contributed by atoms with Crippen LogP contribution in [0.25, 0.3) is 6.08 Å². The van der Waals surface area contributed by atoms with Crippen LogP contribution < -0.4 is 14.4 Å². The first-order valence-electron chi connectivity index (χ1n) is 10.0. The Morgan fingerprint density at radius 2 is 1.66 bits per heavy atom. The quantitative estimate of drug-likeness (QED) is 0.333. The van der Waals surface area contributed by atoms with Crippen molar-refractivity contribution in [1.82, 2.24) is 0 Å². The lowest BCUT2D eigenvalue weighted by molar-refractivity contribution is -0.113. The van der Waals surface area contributed by atoms with Crippen LogP contribution in [-0.2, 0) is 11.4 Å². The van der Waals surface area contributed by atoms with Gasteiger partial charge in [-0.1, -0.05) is 48.5 Å². The first-order valence-corrected chi connectivity index (χ1v) is 11.6. The predicted octanol–water partition coefficient (Wildman–Crippen LogP) is 6.67. The number of nitrogens with zero attached hydrogens (tertiary/aromatic N) is 1. The zero-order chi connectivity index (χ0) is 22.5. The van der Waals surface area contributed by atoms with E-state index in [-0.39, 0.29) is 11.1 Å². The standard InChI is InChI=1S/C25H20BrNO4S/c1-2-30-21-14-18(13-20(26)23(21)31-16-17-9-5-3-6-10-17)15-22-24(28)27(25(29)32-22)19-11-7-4-8-12-19/h3-15H,2,16H2,1H3/b22-15-. The molecule has 1 aliphatic heterocycles. The van der Waals surface area contributed by atoms with E-state index in [0.717, 1.165) is 22.9 Å². The average Bonchev–Trinajstić information content (AvgIpc) is 3.07. The Kier molecular flexibility index (Phi) is 6.97. The number of amides is 2. The lowest BCUT2D eigenvalue weighted by Gasteiger charge is -2.15. The molecule has 1 fully saturated rings. The van der Waals surface area contributed by atoms with Crippen LogP contribution in [-0.4, -0.2) is 17.8 Å². The Morgan fingerprint density at radius 1 is 0.969 bits per heavy atom. The number of rotatable bonds is 7. The van der Waals surface area contributed by atoms with E-state index < -0.39 is 0 Å². The van der Waals surface area contributed by atoms with Gasteiger partial charge in [0.2, 0.25) is 0 Å². The summed E-state index contributed by atoms with van der Waals surface area (Å²) in [5.41, 5.74) is 2.32. The third kappa shape index (κ3) is 4.89. The molecule has 0 aliphatic carbocycles. The number of ether oxygens (including phenoxy) is 2. The summed E-state index contributed by atoms with van der Waals surface area (Å²) in [4.78, 5) is 26.9. The maximum Gasteiger partial charge on any atom is 0.298 e. The molecule has 1 heterocycles. The first-order chi connectivity index (χ1) is 15.6. The summed E-state index contributed by atoms with van der Waals surface area (Å²) in [6.07, 6.45) is 1.70. The number of benzene rings is 3. The highest BCUT2D eigenvalue weighted by molar-refractivity contribution is 9.10. The maximum atomic E-state index is 12.9. The summed E-state index contributed by atoms with van der Waals surface area (Å²) in [6, 6.07) is 22.4. The van der Waals surface area contributed by atoms with Crippen LogP contribution in [0.5, 0.6) is 11.5 Å². The summed E-state index contributed by atoms with van der Waals surface area (Å²) >= 11 is 4.48. The van der Waals surface area contributed by atoms with E-state index in [4.69, 9.17) is 9.47 Å². The third-order valence-electron chi connectivity index (χ3n) is 4.66. The lowest BCUT2D eigenvalue weighted by atomic mass is 10.1. The number of hydrogen-bond acceptors (Lipinski definition) is 5. The molecule has 1 saturated heterocycles. The summed E-state index contributed by atoms with van der Waals surface area (Å²) < 4.78 is 12.5. The van der Waals surface area contributed by atoms with Gasteiger partial charge in [0.15, 0.2) is 11.5 Å². The zero-order valence-electron chi connectivity index (χ0n) is 17.3. The van der Waals surface area contributed by atoms with E-state index in [1.165, 1.54) is 4.90 Å². The average molecular weight is 510 g/mol. The van der Waals surface area contributed by atoms with Crippen molar-refractivity contribution in [3.63, 3.8) is 0 Å². The molecule has 2 amide bonds. The topological polar surface area (TPSA) is 55.8 Å². The highest BCUT2D eigenvalue weighted by Crippen LogP contribution is 2.40. The highest BCUT2D eigenvalue weighted by atomic mass is 79.9. The molecule has 32 heavy (non-hydrogen) atoms. The molecule has 7 heteroatoms. The molecule has 0 unspecified atom stereocenters. The van der Waals surface area contributed by atoms with E-state index in [0.29, 0.717) is 39.8 Å². The Labute approximate surface area is 199 Å². The Morgan fingerprint density at radius 3 is 2.34 bits per heavy atom. The molecule has 0 radical (unpaired) electrons. The van der Waals surface area contributed by atoms with Crippen molar-refractivity contribution in [3.05, 3.63) is 93.3 Å². The third-order valence-corrected chi connectivity index (χ3v) is 6.12. The van der Waals surface area contributed by atoms with Crippen molar-refractivity contribution < 1.29 is 19.1 Å². The molecule has 0 atom stereocenters. The van der Waals surface area contributed by atoms with Crippen molar-refractivity contribution in [2.75, 3.05) is 11.5 Å². The second kappa shape index (κ2) is 10.1. The first kappa shape index (κ1) is 22.2. The minimum absolute atomic E-state index is 0.320. The molecule has 1 aliphatic rings. The van der Waals surface area contributed by atoms with Crippen LogP contribution in [0.4, 0.5) is 10.5 Å². The van der Waals surface area contributed by atoms with Gasteiger partial charge in [-0.05, 0) is 76.1 Å². The summed E-state index contributed by atoms with van der Waals surface area (Å²) in [5, 5.41) is -0.320. The maximum absolute atomic E-state index is 12.9. The number of thioether (sulfide) groups is 1. The Bertz CT molecular complexity index is 1170. The van der Waals surface area contributed by atoms with E-state index >= 15 is 0 Å². The summed E-state index contributed by atoms with van der Waals surface area (Å²) in [6.45, 7) is 2.75. The van der Waals surface area contributed by atoms with Crippen LogP contribution in [0, 0.1) is 0 Å². The minimum Gasteiger partial charge on any atom is -0.490 e. The van der Waals surface area contributed by atoms with Gasteiger partial charge in [-0.15, -0.1) is 0 Å². The predicted molar refractivity (Wildman–Crippen MR) is 131 cm³/mol. The SMILES string of the molecule is CCOc1cc(/C=C2\SC(=O)N(c3ccccc3)C2=O)cc(Br)c1OCc1ccccc1. The molecule has 0 saturated carbocycles. The van der Waals surface area contributed by atoms with Gasteiger partial charge in [-0.25, -0.2) is 4.90 Å². The van der Waals surface area contributed by atoms with E-state index in [2.05, 4.69) is 15.9 Å². The molecule has 162 valence electrons. The fourth-order valence-corrected chi connectivity index (χ4v) is 4.64. The Hall–Kier alpha value is -3.03.